The second-order valence-electron chi connectivity index (χ2n) is 9.80. The number of carbonyl (C=O) groups excluding carboxylic acids is 1. The fourth-order valence-electron chi connectivity index (χ4n) is 4.87. The van der Waals surface area contributed by atoms with E-state index < -0.39 is 42.6 Å². The van der Waals surface area contributed by atoms with E-state index in [1.165, 1.54) is 12.1 Å². The third-order valence-electron chi connectivity index (χ3n) is 6.51. The van der Waals surface area contributed by atoms with E-state index in [0.29, 0.717) is 39.3 Å². The molecular weight excluding hydrogens is 523 g/mol. The van der Waals surface area contributed by atoms with Crippen LogP contribution < -0.4 is 5.32 Å². The van der Waals surface area contributed by atoms with Crippen LogP contribution >= 0.6 is 0 Å². The van der Waals surface area contributed by atoms with E-state index >= 15 is 0 Å². The third-order valence-corrected chi connectivity index (χ3v) is 6.51. The number of nitrogens with one attached hydrogen (secondary N) is 1. The topological polar surface area (TPSA) is 112 Å². The fraction of sp³-hybridized carbons (Fsp3) is 0.273. The molecular formula is C33H35FN2O5. The van der Waals surface area contributed by atoms with Crippen molar-refractivity contribution < 1.29 is 34.8 Å². The van der Waals surface area contributed by atoms with Crippen molar-refractivity contribution in [1.82, 2.24) is 4.57 Å². The van der Waals surface area contributed by atoms with Gasteiger partial charge in [0.05, 0.1) is 31.2 Å². The lowest BCUT2D eigenvalue weighted by Gasteiger charge is -2.20. The van der Waals surface area contributed by atoms with Crippen LogP contribution in [0.5, 0.6) is 0 Å². The number of rotatable bonds is 13. The summed E-state index contributed by atoms with van der Waals surface area (Å²) in [5, 5.41) is 27.5. The van der Waals surface area contributed by atoms with Crippen molar-refractivity contribution in [3.63, 3.8) is 0 Å². The summed E-state index contributed by atoms with van der Waals surface area (Å²) < 4.78 is 55.4. The van der Waals surface area contributed by atoms with Crippen LogP contribution in [0.1, 0.15) is 60.5 Å². The normalized spacial score (nSPS) is 16.4. The summed E-state index contributed by atoms with van der Waals surface area (Å²) in [6.45, 7) is 3.67. The van der Waals surface area contributed by atoms with Gasteiger partial charge in [-0.05, 0) is 66.3 Å². The average molecular weight is 564 g/mol. The summed E-state index contributed by atoms with van der Waals surface area (Å²) in [5.74, 6) is -3.30. The third kappa shape index (κ3) is 7.28. The van der Waals surface area contributed by atoms with Crippen LogP contribution in [0.4, 0.5) is 10.1 Å². The lowest BCUT2D eigenvalue weighted by Crippen LogP contribution is -2.22. The first-order valence-electron chi connectivity index (χ1n) is 15.6. The molecule has 3 atom stereocenters. The maximum Gasteiger partial charge on any atom is 0.305 e. The van der Waals surface area contributed by atoms with Gasteiger partial charge in [-0.25, -0.2) is 4.39 Å². The van der Waals surface area contributed by atoms with Gasteiger partial charge < -0.3 is 25.2 Å². The number of aliphatic carboxylic acids is 1. The van der Waals surface area contributed by atoms with Gasteiger partial charge in [-0.1, -0.05) is 62.4 Å². The van der Waals surface area contributed by atoms with Gasteiger partial charge in [0.1, 0.15) is 5.82 Å². The van der Waals surface area contributed by atoms with Gasteiger partial charge in [0, 0.05) is 27.6 Å². The fourth-order valence-corrected chi connectivity index (χ4v) is 4.87. The average Bonchev–Trinajstić information content (AvgIpc) is 3.39. The minimum absolute atomic E-state index is 0.0840. The highest BCUT2D eigenvalue weighted by atomic mass is 19.1. The van der Waals surface area contributed by atoms with Crippen LogP contribution in [0.2, 0.25) is 0 Å². The Labute approximate surface area is 246 Å². The Morgan fingerprint density at radius 1 is 1.00 bits per heavy atom. The molecule has 0 aliphatic heterocycles. The van der Waals surface area contributed by atoms with Gasteiger partial charge in [0.25, 0.3) is 5.91 Å². The number of aromatic nitrogens is 1. The molecule has 7 nitrogen and oxygen atoms in total. The maximum absolute atomic E-state index is 14.2. The zero-order chi connectivity index (χ0) is 33.8. The summed E-state index contributed by atoms with van der Waals surface area (Å²) in [6.07, 6.45) is -11.1. The first kappa shape index (κ1) is 23.4. The van der Waals surface area contributed by atoms with Crippen molar-refractivity contribution in [2.75, 3.05) is 5.32 Å². The minimum Gasteiger partial charge on any atom is -0.481 e. The molecule has 1 aromatic heterocycles. The highest BCUT2D eigenvalue weighted by molar-refractivity contribution is 6.12. The molecule has 4 rings (SSSR count). The Morgan fingerprint density at radius 2 is 1.63 bits per heavy atom. The smallest absolute Gasteiger partial charge is 0.305 e. The van der Waals surface area contributed by atoms with Crippen molar-refractivity contribution in [2.24, 2.45) is 0 Å². The Hall–Kier alpha value is -4.27. The Kier molecular flexibility index (Phi) is 7.65. The monoisotopic (exact) mass is 563 g/mol. The molecule has 3 aromatic carbocycles. The Bertz CT molecular complexity index is 1670. The molecule has 0 saturated carbocycles. The SMILES string of the molecule is [2H]O[C@]([2H])(C([2H])[C@H](O)CCn1c(-c2ccc(F)cc2)c(-c2ccccc2)c(C(=O)Nc2ccccc2)c1C(C)C)C([2H])([2H])C(=O)O. The molecule has 214 valence electrons. The predicted molar refractivity (Wildman–Crippen MR) is 157 cm³/mol. The van der Waals surface area contributed by atoms with Gasteiger partial charge in [0.2, 0.25) is 1.43 Å². The number of carboxylic acid groups (broad SMARTS) is 1. The molecule has 0 aliphatic rings. The van der Waals surface area contributed by atoms with Crippen LogP contribution in [0.3, 0.4) is 0 Å². The van der Waals surface area contributed by atoms with Gasteiger partial charge in [-0.15, -0.1) is 0 Å². The van der Waals surface area contributed by atoms with Crippen LogP contribution in [-0.2, 0) is 11.3 Å². The van der Waals surface area contributed by atoms with Gasteiger partial charge >= 0.3 is 5.97 Å². The second-order valence-corrected chi connectivity index (χ2v) is 9.80. The predicted octanol–water partition coefficient (Wildman–Crippen LogP) is 6.31. The van der Waals surface area contributed by atoms with E-state index in [-0.39, 0.29) is 18.9 Å². The molecule has 8 heteroatoms. The molecule has 0 fully saturated rings. The number of amides is 1. The van der Waals surface area contributed by atoms with Crippen LogP contribution in [0.15, 0.2) is 84.9 Å². The number of aliphatic hydroxyl groups excluding tert-OH is 1. The maximum atomic E-state index is 14.2. The van der Waals surface area contributed by atoms with Crippen molar-refractivity contribution >= 4 is 17.6 Å². The lowest BCUT2D eigenvalue weighted by molar-refractivity contribution is -0.139. The van der Waals surface area contributed by atoms with Crippen molar-refractivity contribution in [1.29, 1.82) is 1.43 Å². The highest BCUT2D eigenvalue weighted by Gasteiger charge is 2.31. The summed E-state index contributed by atoms with van der Waals surface area (Å²) in [6, 6.07) is 23.7. The summed E-state index contributed by atoms with van der Waals surface area (Å²) in [4.78, 5) is 25.7. The number of anilines is 1. The second kappa shape index (κ2) is 13.4. The van der Waals surface area contributed by atoms with E-state index in [4.69, 9.17) is 6.91 Å². The van der Waals surface area contributed by atoms with Crippen LogP contribution in [0.25, 0.3) is 22.4 Å². The van der Waals surface area contributed by atoms with E-state index in [1.807, 2.05) is 50.2 Å². The van der Waals surface area contributed by atoms with E-state index in [0.717, 1.165) is 0 Å². The quantitative estimate of drug-likeness (QED) is 0.152. The molecule has 1 unspecified atom stereocenters. The number of halogens is 1. The van der Waals surface area contributed by atoms with E-state index in [1.54, 1.807) is 41.0 Å². The van der Waals surface area contributed by atoms with Gasteiger partial charge in [0.15, 0.2) is 0 Å². The molecule has 4 aromatic rings. The highest BCUT2D eigenvalue weighted by Crippen LogP contribution is 2.42. The summed E-state index contributed by atoms with van der Waals surface area (Å²) >= 11 is 0. The molecule has 1 heterocycles. The van der Waals surface area contributed by atoms with Crippen LogP contribution in [0, 0.1) is 5.82 Å². The number of benzene rings is 3. The largest absolute Gasteiger partial charge is 0.481 e. The summed E-state index contributed by atoms with van der Waals surface area (Å²) in [5.41, 5.74) is 3.71. The molecule has 0 aliphatic carbocycles. The number of carboxylic acids is 1. The number of carbonyl (C=O) groups is 2. The van der Waals surface area contributed by atoms with Crippen molar-refractivity contribution in [2.45, 2.75) is 57.7 Å². The minimum atomic E-state index is -3.50. The number of para-hydroxylation sites is 1. The van der Waals surface area contributed by atoms with Crippen LogP contribution in [-0.4, -0.2) is 45.4 Å². The zero-order valence-corrected chi connectivity index (χ0v) is 22.7. The molecule has 0 spiro atoms. The van der Waals surface area contributed by atoms with Gasteiger partial charge in [-0.3, -0.25) is 9.59 Å². The first-order valence-corrected chi connectivity index (χ1v) is 13.2. The molecule has 0 radical (unpaired) electrons. The number of hydrogen-bond acceptors (Lipinski definition) is 4. The van der Waals surface area contributed by atoms with Crippen molar-refractivity contribution in [3.8, 4) is 22.4 Å². The first-order chi connectivity index (χ1) is 21.7. The molecule has 4 N–H and O–H groups in total. The Balaban J connectivity index is 1.92. The Morgan fingerprint density at radius 3 is 2.22 bits per heavy atom. The van der Waals surface area contributed by atoms with Gasteiger partial charge in [-0.2, -0.15) is 0 Å². The molecule has 0 saturated heterocycles. The molecule has 0 bridgehead atoms. The standard InChI is InChI=1S/C33H35FN2O5/c1-21(2)31-30(33(41)35-25-11-7-4-8-12-25)29(22-9-5-3-6-10-22)32(23-13-15-24(34)16-14-23)36(31)18-17-26(37)19-27(38)20-28(39)40/h3-16,21,26-27,37-38H,17-20H2,1-2H3,(H,35,41)(H,39,40)/t26-,27-/m1/s1/i19D,20D2,27D,38D/t19?,26-,27-. The van der Waals surface area contributed by atoms with Crippen molar-refractivity contribution in [3.05, 3.63) is 102 Å². The zero-order valence-electron chi connectivity index (χ0n) is 27.7. The molecule has 41 heavy (non-hydrogen) atoms. The lowest BCUT2D eigenvalue weighted by atomic mass is 9.94. The molecule has 1 amide bonds. The number of aliphatic hydroxyl groups is 2. The van der Waals surface area contributed by atoms with E-state index in [2.05, 4.69) is 10.4 Å². The summed E-state index contributed by atoms with van der Waals surface area (Å²) in [7, 11) is 0. The number of hydrogen-bond donors (Lipinski definition) is 4. The number of nitrogens with zero attached hydrogens (tertiary/aromatic N) is 1. The van der Waals surface area contributed by atoms with E-state index in [9.17, 15) is 24.2 Å².